The fourth-order valence-corrected chi connectivity index (χ4v) is 4.54. The molecule has 34 heavy (non-hydrogen) atoms. The molecule has 8 nitrogen and oxygen atoms in total. The van der Waals surface area contributed by atoms with Crippen LogP contribution in [0.15, 0.2) is 48.5 Å². The predicted octanol–water partition coefficient (Wildman–Crippen LogP) is 3.25. The number of thioether (sulfide) groups is 1. The second kappa shape index (κ2) is 12.4. The largest absolute Gasteiger partial charge is 0.480 e. The highest BCUT2D eigenvalue weighted by Crippen LogP contribution is 2.44. The first-order chi connectivity index (χ1) is 16.5. The van der Waals surface area contributed by atoms with E-state index in [4.69, 9.17) is 9.47 Å². The molecule has 3 rings (SSSR count). The van der Waals surface area contributed by atoms with Gasteiger partial charge in [0.15, 0.2) is 0 Å². The summed E-state index contributed by atoms with van der Waals surface area (Å²) in [5.74, 6) is -1.04. The van der Waals surface area contributed by atoms with E-state index < -0.39 is 30.1 Å². The third-order valence-electron chi connectivity index (χ3n) is 5.82. The van der Waals surface area contributed by atoms with E-state index in [1.807, 2.05) is 42.7 Å². The highest BCUT2D eigenvalue weighted by molar-refractivity contribution is 7.98. The van der Waals surface area contributed by atoms with Crippen LogP contribution < -0.4 is 10.6 Å². The molecule has 182 valence electrons. The van der Waals surface area contributed by atoms with Gasteiger partial charge in [-0.15, -0.1) is 0 Å². The van der Waals surface area contributed by atoms with Crippen molar-refractivity contribution in [1.29, 1.82) is 0 Å². The Kier molecular flexibility index (Phi) is 9.35. The number of carbonyl (C=O) groups is 3. The molecule has 0 fully saturated rings. The summed E-state index contributed by atoms with van der Waals surface area (Å²) in [6.45, 7) is 0.342. The van der Waals surface area contributed by atoms with E-state index in [1.54, 1.807) is 0 Å². The monoisotopic (exact) mass is 486 g/mol. The molecule has 3 N–H and O–H groups in total. The molecule has 0 aliphatic heterocycles. The van der Waals surface area contributed by atoms with E-state index in [9.17, 15) is 19.5 Å². The number of methoxy groups -OCH3 is 1. The number of alkyl carbamates (subject to hydrolysis) is 1. The number of benzene rings is 2. The van der Waals surface area contributed by atoms with E-state index in [0.29, 0.717) is 12.2 Å². The lowest BCUT2D eigenvalue weighted by Crippen LogP contribution is -2.47. The molecule has 2 unspecified atom stereocenters. The van der Waals surface area contributed by atoms with Gasteiger partial charge in [0, 0.05) is 26.0 Å². The SMILES string of the molecule is COC(CCNC(=O)OCC1c2ccccc2-c2ccccc21)C(=O)NC(CCSC)C(=O)O. The zero-order valence-electron chi connectivity index (χ0n) is 19.3. The zero-order valence-corrected chi connectivity index (χ0v) is 20.1. The number of rotatable bonds is 12. The molecule has 0 bridgehead atoms. The first kappa shape index (κ1) is 25.6. The van der Waals surface area contributed by atoms with Gasteiger partial charge in [-0.1, -0.05) is 48.5 Å². The lowest BCUT2D eigenvalue weighted by Gasteiger charge is -2.19. The van der Waals surface area contributed by atoms with Crippen LogP contribution in [-0.2, 0) is 19.1 Å². The summed E-state index contributed by atoms with van der Waals surface area (Å²) in [7, 11) is 1.37. The minimum atomic E-state index is -1.09. The maximum absolute atomic E-state index is 12.4. The molecule has 2 atom stereocenters. The number of aliphatic carboxylic acids is 1. The number of carboxylic acid groups (broad SMARTS) is 1. The summed E-state index contributed by atoms with van der Waals surface area (Å²) in [6.07, 6.45) is 0.900. The molecule has 2 aromatic rings. The van der Waals surface area contributed by atoms with Crippen molar-refractivity contribution in [1.82, 2.24) is 10.6 Å². The van der Waals surface area contributed by atoms with Crippen LogP contribution in [-0.4, -0.2) is 67.5 Å². The number of hydrogen-bond acceptors (Lipinski definition) is 6. The Labute approximate surface area is 203 Å². The molecule has 0 aromatic heterocycles. The van der Waals surface area contributed by atoms with Crippen molar-refractivity contribution in [2.24, 2.45) is 0 Å². The average Bonchev–Trinajstić information content (AvgIpc) is 3.16. The first-order valence-electron chi connectivity index (χ1n) is 11.1. The van der Waals surface area contributed by atoms with Gasteiger partial charge >= 0.3 is 12.1 Å². The molecule has 0 heterocycles. The number of ether oxygens (including phenoxy) is 2. The lowest BCUT2D eigenvalue weighted by atomic mass is 9.98. The van der Waals surface area contributed by atoms with Crippen LogP contribution >= 0.6 is 11.8 Å². The van der Waals surface area contributed by atoms with E-state index in [0.717, 1.165) is 22.3 Å². The van der Waals surface area contributed by atoms with Gasteiger partial charge in [0.25, 0.3) is 0 Å². The Balaban J connectivity index is 1.48. The highest BCUT2D eigenvalue weighted by Gasteiger charge is 2.29. The van der Waals surface area contributed by atoms with E-state index >= 15 is 0 Å². The number of hydrogen-bond donors (Lipinski definition) is 3. The molecule has 1 aliphatic rings. The van der Waals surface area contributed by atoms with E-state index in [-0.39, 0.29) is 25.5 Å². The molecule has 1 aliphatic carbocycles. The van der Waals surface area contributed by atoms with Crippen molar-refractivity contribution in [2.75, 3.05) is 32.3 Å². The molecule has 0 saturated heterocycles. The summed E-state index contributed by atoms with van der Waals surface area (Å²) < 4.78 is 10.7. The normalized spacial score (nSPS) is 13.9. The predicted molar refractivity (Wildman–Crippen MR) is 131 cm³/mol. The number of carboxylic acids is 1. The van der Waals surface area contributed by atoms with Gasteiger partial charge in [-0.05, 0) is 40.7 Å². The summed E-state index contributed by atoms with van der Waals surface area (Å²) in [4.78, 5) is 36.1. The molecule has 0 spiro atoms. The third-order valence-corrected chi connectivity index (χ3v) is 6.47. The standard InChI is InChI=1S/C25H30N2O6S/c1-32-22(23(28)27-21(24(29)30)12-14-34-2)11-13-26-25(31)33-15-20-18-9-5-3-7-16(18)17-8-4-6-10-19(17)20/h3-10,20-22H,11-15H2,1-2H3,(H,26,31)(H,27,28)(H,29,30). The second-order valence-electron chi connectivity index (χ2n) is 7.95. The van der Waals surface area contributed by atoms with Crippen LogP contribution in [0, 0.1) is 0 Å². The first-order valence-corrected chi connectivity index (χ1v) is 12.5. The van der Waals surface area contributed by atoms with Crippen LogP contribution in [0.4, 0.5) is 4.79 Å². The molecular formula is C25H30N2O6S. The Bertz CT molecular complexity index is 969. The third kappa shape index (κ3) is 6.30. The summed E-state index contributed by atoms with van der Waals surface area (Å²) in [6, 6.07) is 15.2. The summed E-state index contributed by atoms with van der Waals surface area (Å²) in [5.41, 5.74) is 4.56. The smallest absolute Gasteiger partial charge is 0.407 e. The molecule has 2 amide bonds. The minimum Gasteiger partial charge on any atom is -0.480 e. The summed E-state index contributed by atoms with van der Waals surface area (Å²) in [5, 5.41) is 14.4. The fourth-order valence-electron chi connectivity index (χ4n) is 4.07. The van der Waals surface area contributed by atoms with Crippen LogP contribution in [0.2, 0.25) is 0 Å². The molecule has 2 aromatic carbocycles. The van der Waals surface area contributed by atoms with Crippen LogP contribution in [0.5, 0.6) is 0 Å². The molecule has 9 heteroatoms. The number of nitrogens with one attached hydrogen (secondary N) is 2. The van der Waals surface area contributed by atoms with E-state index in [2.05, 4.69) is 22.8 Å². The van der Waals surface area contributed by atoms with Gasteiger partial charge in [-0.3, -0.25) is 4.79 Å². The van der Waals surface area contributed by atoms with Gasteiger partial charge in [0.1, 0.15) is 18.8 Å². The van der Waals surface area contributed by atoms with Crippen LogP contribution in [0.25, 0.3) is 11.1 Å². The zero-order chi connectivity index (χ0) is 24.5. The van der Waals surface area contributed by atoms with Crippen molar-refractivity contribution in [2.45, 2.75) is 30.9 Å². The van der Waals surface area contributed by atoms with Crippen LogP contribution in [0.1, 0.15) is 29.9 Å². The van der Waals surface area contributed by atoms with Gasteiger partial charge in [-0.2, -0.15) is 11.8 Å². The second-order valence-corrected chi connectivity index (χ2v) is 8.93. The van der Waals surface area contributed by atoms with Gasteiger partial charge < -0.3 is 25.2 Å². The highest BCUT2D eigenvalue weighted by atomic mass is 32.2. The molecular weight excluding hydrogens is 456 g/mol. The van der Waals surface area contributed by atoms with Gasteiger partial charge in [0.05, 0.1) is 0 Å². The maximum Gasteiger partial charge on any atom is 0.407 e. The molecule has 0 radical (unpaired) electrons. The van der Waals surface area contributed by atoms with Crippen molar-refractivity contribution < 1.29 is 29.0 Å². The minimum absolute atomic E-state index is 0.0371. The topological polar surface area (TPSA) is 114 Å². The van der Waals surface area contributed by atoms with Crippen molar-refractivity contribution in [3.8, 4) is 11.1 Å². The van der Waals surface area contributed by atoms with Crippen molar-refractivity contribution >= 4 is 29.7 Å². The fraction of sp³-hybridized carbons (Fsp3) is 0.400. The van der Waals surface area contributed by atoms with E-state index in [1.165, 1.54) is 18.9 Å². The Morgan fingerprint density at radius 1 is 1.03 bits per heavy atom. The number of amides is 2. The Morgan fingerprint density at radius 2 is 1.65 bits per heavy atom. The maximum atomic E-state index is 12.4. The van der Waals surface area contributed by atoms with Gasteiger partial charge in [0.2, 0.25) is 5.91 Å². The van der Waals surface area contributed by atoms with Crippen molar-refractivity contribution in [3.05, 3.63) is 59.7 Å². The Hall–Kier alpha value is -3.04. The number of carbonyl (C=O) groups excluding carboxylic acids is 2. The van der Waals surface area contributed by atoms with Crippen molar-refractivity contribution in [3.63, 3.8) is 0 Å². The number of fused-ring (bicyclic) bond motifs is 3. The van der Waals surface area contributed by atoms with Gasteiger partial charge in [-0.25, -0.2) is 9.59 Å². The summed E-state index contributed by atoms with van der Waals surface area (Å²) >= 11 is 1.50. The lowest BCUT2D eigenvalue weighted by molar-refractivity contribution is -0.144. The molecule has 0 saturated carbocycles. The quantitative estimate of drug-likeness (QED) is 0.422. The average molecular weight is 487 g/mol. The Morgan fingerprint density at radius 3 is 2.21 bits per heavy atom. The van der Waals surface area contributed by atoms with Crippen LogP contribution in [0.3, 0.4) is 0 Å².